The molecule has 1 aliphatic carbocycles. The molecule has 0 aromatic heterocycles. The minimum atomic E-state index is -0.246. The second-order valence-electron chi connectivity index (χ2n) is 6.63. The minimum Gasteiger partial charge on any atom is -0.392 e. The summed E-state index contributed by atoms with van der Waals surface area (Å²) in [6, 6.07) is 0. The van der Waals surface area contributed by atoms with E-state index in [0.29, 0.717) is 5.41 Å². The Balaban J connectivity index is 2.52. The standard InChI is InChI=1S/C16H34N2O2/c1-15(19)12-18(2)14-16(13-17-10-11-20-3)8-6-4-5-7-9-16/h15,17,19H,4-14H2,1-3H3. The van der Waals surface area contributed by atoms with Gasteiger partial charge in [-0.05, 0) is 32.2 Å². The highest BCUT2D eigenvalue weighted by Crippen LogP contribution is 2.35. The highest BCUT2D eigenvalue weighted by molar-refractivity contribution is 4.86. The van der Waals surface area contributed by atoms with Gasteiger partial charge < -0.3 is 20.1 Å². The van der Waals surface area contributed by atoms with E-state index < -0.39 is 0 Å². The molecule has 0 aromatic rings. The van der Waals surface area contributed by atoms with Crippen molar-refractivity contribution in [3.05, 3.63) is 0 Å². The number of aliphatic hydroxyl groups is 1. The lowest BCUT2D eigenvalue weighted by molar-refractivity contribution is 0.0932. The molecule has 1 fully saturated rings. The largest absolute Gasteiger partial charge is 0.392 e. The molecule has 20 heavy (non-hydrogen) atoms. The smallest absolute Gasteiger partial charge is 0.0638 e. The molecule has 1 atom stereocenters. The average molecular weight is 286 g/mol. The van der Waals surface area contributed by atoms with Crippen LogP contribution in [0.15, 0.2) is 0 Å². The first-order chi connectivity index (χ1) is 9.58. The van der Waals surface area contributed by atoms with Crippen LogP contribution in [0.1, 0.15) is 45.4 Å². The van der Waals surface area contributed by atoms with Gasteiger partial charge in [-0.25, -0.2) is 0 Å². The van der Waals surface area contributed by atoms with Crippen LogP contribution in [0.3, 0.4) is 0 Å². The summed E-state index contributed by atoms with van der Waals surface area (Å²) in [5.74, 6) is 0. The van der Waals surface area contributed by atoms with E-state index in [-0.39, 0.29) is 6.10 Å². The predicted octanol–water partition coefficient (Wildman–Crippen LogP) is 1.88. The van der Waals surface area contributed by atoms with Gasteiger partial charge in [0.1, 0.15) is 0 Å². The third kappa shape index (κ3) is 7.02. The molecule has 2 N–H and O–H groups in total. The number of hydrogen-bond donors (Lipinski definition) is 2. The molecule has 0 amide bonds. The molecule has 1 aliphatic rings. The van der Waals surface area contributed by atoms with Crippen LogP contribution in [0.5, 0.6) is 0 Å². The van der Waals surface area contributed by atoms with Crippen molar-refractivity contribution in [1.29, 1.82) is 0 Å². The molecule has 0 spiro atoms. The normalized spacial score (nSPS) is 20.9. The molecule has 1 rings (SSSR count). The maximum Gasteiger partial charge on any atom is 0.0638 e. The molecule has 4 nitrogen and oxygen atoms in total. The third-order valence-corrected chi connectivity index (χ3v) is 4.33. The van der Waals surface area contributed by atoms with E-state index in [4.69, 9.17) is 4.74 Å². The maximum atomic E-state index is 9.56. The number of aliphatic hydroxyl groups excluding tert-OH is 1. The van der Waals surface area contributed by atoms with Gasteiger partial charge in [0.15, 0.2) is 0 Å². The summed E-state index contributed by atoms with van der Waals surface area (Å²) in [5.41, 5.74) is 0.369. The van der Waals surface area contributed by atoms with E-state index >= 15 is 0 Å². The second-order valence-corrected chi connectivity index (χ2v) is 6.63. The van der Waals surface area contributed by atoms with Gasteiger partial charge in [0.05, 0.1) is 12.7 Å². The molecule has 0 aliphatic heterocycles. The molecule has 0 radical (unpaired) electrons. The quantitative estimate of drug-likeness (QED) is 0.502. The molecule has 120 valence electrons. The van der Waals surface area contributed by atoms with Gasteiger partial charge in [-0.2, -0.15) is 0 Å². The highest BCUT2D eigenvalue weighted by Gasteiger charge is 2.31. The summed E-state index contributed by atoms with van der Waals surface area (Å²) in [5, 5.41) is 13.1. The molecule has 0 saturated heterocycles. The summed E-state index contributed by atoms with van der Waals surface area (Å²) in [4.78, 5) is 2.30. The average Bonchev–Trinajstić information content (AvgIpc) is 2.60. The molecule has 0 heterocycles. The van der Waals surface area contributed by atoms with E-state index in [1.165, 1.54) is 38.5 Å². The maximum absolute atomic E-state index is 9.56. The summed E-state index contributed by atoms with van der Waals surface area (Å²) in [7, 11) is 3.88. The SMILES string of the molecule is COCCNCC1(CN(C)CC(C)O)CCCCCC1. The van der Waals surface area contributed by atoms with Gasteiger partial charge in [0.2, 0.25) is 0 Å². The number of methoxy groups -OCH3 is 1. The van der Waals surface area contributed by atoms with E-state index in [2.05, 4.69) is 17.3 Å². The van der Waals surface area contributed by atoms with Crippen molar-refractivity contribution in [2.45, 2.75) is 51.6 Å². The summed E-state index contributed by atoms with van der Waals surface area (Å²) in [6.07, 6.45) is 7.79. The number of ether oxygens (including phenoxy) is 1. The van der Waals surface area contributed by atoms with Crippen LogP contribution in [0.2, 0.25) is 0 Å². The van der Waals surface area contributed by atoms with Crippen molar-refractivity contribution in [2.24, 2.45) is 5.41 Å². The van der Waals surface area contributed by atoms with Crippen molar-refractivity contribution in [2.75, 3.05) is 46.9 Å². The fourth-order valence-corrected chi connectivity index (χ4v) is 3.49. The third-order valence-electron chi connectivity index (χ3n) is 4.33. The van der Waals surface area contributed by atoms with Gasteiger partial charge in [0, 0.05) is 33.3 Å². The van der Waals surface area contributed by atoms with Crippen molar-refractivity contribution in [3.63, 3.8) is 0 Å². The highest BCUT2D eigenvalue weighted by atomic mass is 16.5. The molecule has 4 heteroatoms. The summed E-state index contributed by atoms with van der Waals surface area (Å²) in [6.45, 7) is 6.49. The lowest BCUT2D eigenvalue weighted by Crippen LogP contribution is -2.45. The number of rotatable bonds is 9. The topological polar surface area (TPSA) is 44.7 Å². The Morgan fingerprint density at radius 3 is 2.45 bits per heavy atom. The van der Waals surface area contributed by atoms with Crippen LogP contribution >= 0.6 is 0 Å². The number of nitrogens with one attached hydrogen (secondary N) is 1. The number of likely N-dealkylation sites (N-methyl/N-ethyl adjacent to an activating group) is 1. The van der Waals surface area contributed by atoms with E-state index in [0.717, 1.165) is 32.8 Å². The van der Waals surface area contributed by atoms with E-state index in [1.54, 1.807) is 7.11 Å². The lowest BCUT2D eigenvalue weighted by atomic mass is 9.79. The van der Waals surface area contributed by atoms with Crippen molar-refractivity contribution < 1.29 is 9.84 Å². The second kappa shape index (κ2) is 9.72. The van der Waals surface area contributed by atoms with Gasteiger partial charge in [-0.15, -0.1) is 0 Å². The fourth-order valence-electron chi connectivity index (χ4n) is 3.49. The Kier molecular flexibility index (Phi) is 8.69. The minimum absolute atomic E-state index is 0.246. The molecule has 1 unspecified atom stereocenters. The Labute approximate surface area is 124 Å². The van der Waals surface area contributed by atoms with Crippen LogP contribution in [0, 0.1) is 5.41 Å². The van der Waals surface area contributed by atoms with Crippen molar-refractivity contribution in [1.82, 2.24) is 10.2 Å². The van der Waals surface area contributed by atoms with Crippen LogP contribution in [-0.4, -0.2) is 63.1 Å². The number of hydrogen-bond acceptors (Lipinski definition) is 4. The zero-order valence-corrected chi connectivity index (χ0v) is 13.7. The summed E-state index contributed by atoms with van der Waals surface area (Å²) >= 11 is 0. The van der Waals surface area contributed by atoms with Gasteiger partial charge in [0.25, 0.3) is 0 Å². The molecular weight excluding hydrogens is 252 g/mol. The van der Waals surface area contributed by atoms with Gasteiger partial charge >= 0.3 is 0 Å². The zero-order valence-electron chi connectivity index (χ0n) is 13.7. The Bertz CT molecular complexity index is 239. The van der Waals surface area contributed by atoms with Crippen molar-refractivity contribution in [3.8, 4) is 0 Å². The lowest BCUT2D eigenvalue weighted by Gasteiger charge is -2.37. The Morgan fingerprint density at radius 1 is 1.25 bits per heavy atom. The van der Waals surface area contributed by atoms with Crippen LogP contribution in [0.4, 0.5) is 0 Å². The van der Waals surface area contributed by atoms with Crippen LogP contribution in [-0.2, 0) is 4.74 Å². The van der Waals surface area contributed by atoms with Crippen molar-refractivity contribution >= 4 is 0 Å². The Morgan fingerprint density at radius 2 is 1.90 bits per heavy atom. The van der Waals surface area contributed by atoms with Gasteiger partial charge in [-0.3, -0.25) is 0 Å². The Hall–Kier alpha value is -0.160. The first kappa shape index (κ1) is 17.9. The van der Waals surface area contributed by atoms with Crippen LogP contribution < -0.4 is 5.32 Å². The summed E-state index contributed by atoms with van der Waals surface area (Å²) < 4.78 is 5.12. The van der Waals surface area contributed by atoms with E-state index in [1.807, 2.05) is 6.92 Å². The predicted molar refractivity (Wildman–Crippen MR) is 84.1 cm³/mol. The monoisotopic (exact) mass is 286 g/mol. The van der Waals surface area contributed by atoms with Crippen LogP contribution in [0.25, 0.3) is 0 Å². The van der Waals surface area contributed by atoms with Gasteiger partial charge in [-0.1, -0.05) is 25.7 Å². The number of nitrogens with zero attached hydrogens (tertiary/aromatic N) is 1. The zero-order chi connectivity index (χ0) is 14.8. The molecule has 0 aromatic carbocycles. The fraction of sp³-hybridized carbons (Fsp3) is 1.00. The molecule has 0 bridgehead atoms. The molecular formula is C16H34N2O2. The first-order valence-corrected chi connectivity index (χ1v) is 8.14. The molecule has 1 saturated carbocycles. The van der Waals surface area contributed by atoms with E-state index in [9.17, 15) is 5.11 Å². The first-order valence-electron chi connectivity index (χ1n) is 8.14.